The zero-order chi connectivity index (χ0) is 26.7. The van der Waals surface area contributed by atoms with Crippen LogP contribution in [0.5, 0.6) is 0 Å². The second kappa shape index (κ2) is 12.0. The number of carbonyl (C=O) groups is 1. The molecule has 0 saturated heterocycles. The fourth-order valence-corrected chi connectivity index (χ4v) is 6.09. The Morgan fingerprint density at radius 1 is 1.16 bits per heavy atom. The number of benzene rings is 1. The molecule has 2 atom stereocenters. The molecule has 1 aromatic heterocycles. The summed E-state index contributed by atoms with van der Waals surface area (Å²) in [5.74, 6) is 1.19. The number of aliphatic hydroxyl groups excluding tert-OH is 1. The minimum Gasteiger partial charge on any atom is -0.393 e. The van der Waals surface area contributed by atoms with Crippen LogP contribution in [0.3, 0.4) is 0 Å². The van der Waals surface area contributed by atoms with Crippen molar-refractivity contribution in [2.45, 2.75) is 76.5 Å². The van der Waals surface area contributed by atoms with Crippen molar-refractivity contribution in [3.63, 3.8) is 0 Å². The molecule has 4 rings (SSSR count). The van der Waals surface area contributed by atoms with Crippen LogP contribution < -0.4 is 16.4 Å². The second-order valence-corrected chi connectivity index (χ2v) is 11.0. The highest BCUT2D eigenvalue weighted by Gasteiger charge is 2.30. The van der Waals surface area contributed by atoms with Crippen LogP contribution in [0.4, 0.5) is 17.5 Å². The number of aryl methyl sites for hydroxylation is 1. The number of guanidine groups is 1. The first-order valence-corrected chi connectivity index (χ1v) is 13.6. The standard InChI is InChI=1S/C25H32Cl3N7O2/c1-13-23(34-24(30-2)32-16-4-3-5-18(36)12-16)35(17-8-6-14(7-9-17)22(29)37)25(31-13)33-21-19(27)10-15(26)11-20(21)28/h10-11,14,16-18,36H,2-9,12H2,1H3,(H2,29,37)(H,31,33)(H,32,34)/t14?,16-,17?,18+/m0/s1. The summed E-state index contributed by atoms with van der Waals surface area (Å²) >= 11 is 19.0. The number of nitrogens with two attached hydrogens (primary N) is 1. The van der Waals surface area contributed by atoms with Crippen molar-refractivity contribution < 1.29 is 9.90 Å². The van der Waals surface area contributed by atoms with Crippen molar-refractivity contribution in [3.8, 4) is 0 Å². The van der Waals surface area contributed by atoms with Crippen molar-refractivity contribution in [2.75, 3.05) is 10.6 Å². The molecule has 2 aliphatic carbocycles. The number of primary amides is 1. The predicted molar refractivity (Wildman–Crippen MR) is 151 cm³/mol. The number of nitrogens with zero attached hydrogens (tertiary/aromatic N) is 4. The molecule has 9 nitrogen and oxygen atoms in total. The number of anilines is 3. The Morgan fingerprint density at radius 3 is 2.43 bits per heavy atom. The van der Waals surface area contributed by atoms with Crippen molar-refractivity contribution in [3.05, 3.63) is 32.9 Å². The van der Waals surface area contributed by atoms with Gasteiger partial charge in [0, 0.05) is 17.0 Å². The first kappa shape index (κ1) is 27.7. The Balaban J connectivity index is 1.70. The topological polar surface area (TPSA) is 130 Å². The second-order valence-electron chi connectivity index (χ2n) is 9.73. The maximum atomic E-state index is 11.8. The number of aliphatic hydroxyl groups is 1. The van der Waals surface area contributed by atoms with Gasteiger partial charge in [0.1, 0.15) is 5.82 Å². The molecule has 2 saturated carbocycles. The van der Waals surface area contributed by atoms with E-state index < -0.39 is 0 Å². The maximum Gasteiger partial charge on any atom is 0.223 e. The summed E-state index contributed by atoms with van der Waals surface area (Å²) in [5, 5.41) is 17.8. The van der Waals surface area contributed by atoms with E-state index in [1.54, 1.807) is 12.1 Å². The molecule has 1 heterocycles. The highest BCUT2D eigenvalue weighted by atomic mass is 35.5. The summed E-state index contributed by atoms with van der Waals surface area (Å²) in [5.41, 5.74) is 6.77. The lowest BCUT2D eigenvalue weighted by molar-refractivity contribution is -0.122. The van der Waals surface area contributed by atoms with Gasteiger partial charge in [0.25, 0.3) is 0 Å². The number of aliphatic imine (C=N–C) groups is 2. The Labute approximate surface area is 231 Å². The molecule has 37 heavy (non-hydrogen) atoms. The van der Waals surface area contributed by atoms with E-state index in [9.17, 15) is 9.90 Å². The first-order valence-electron chi connectivity index (χ1n) is 12.5. The number of aromatic nitrogens is 2. The van der Waals surface area contributed by atoms with Gasteiger partial charge in [-0.25, -0.2) is 15.0 Å². The highest BCUT2D eigenvalue weighted by Crippen LogP contribution is 2.41. The largest absolute Gasteiger partial charge is 0.393 e. The maximum absolute atomic E-state index is 11.8. The number of halogens is 3. The number of nitrogens with one attached hydrogen (secondary N) is 2. The molecule has 5 N–H and O–H groups in total. The third kappa shape index (κ3) is 6.57. The molecule has 2 fully saturated rings. The molecule has 1 amide bonds. The van der Waals surface area contributed by atoms with Crippen LogP contribution in [-0.4, -0.2) is 45.4 Å². The zero-order valence-electron chi connectivity index (χ0n) is 20.7. The van der Waals surface area contributed by atoms with Gasteiger partial charge in [-0.05, 0) is 77.1 Å². The molecule has 1 aromatic carbocycles. The lowest BCUT2D eigenvalue weighted by Crippen LogP contribution is -2.29. The Bertz CT molecular complexity index is 1170. The number of hydrogen-bond acceptors (Lipinski definition) is 5. The van der Waals surface area contributed by atoms with E-state index in [0.29, 0.717) is 63.4 Å². The summed E-state index contributed by atoms with van der Waals surface area (Å²) in [7, 11) is 0. The Morgan fingerprint density at radius 2 is 1.84 bits per heavy atom. The normalized spacial score (nSPS) is 24.5. The third-order valence-electron chi connectivity index (χ3n) is 7.10. The zero-order valence-corrected chi connectivity index (χ0v) is 23.0. The smallest absolute Gasteiger partial charge is 0.223 e. The molecule has 2 aromatic rings. The van der Waals surface area contributed by atoms with Gasteiger partial charge in [0.05, 0.1) is 33.6 Å². The van der Waals surface area contributed by atoms with Gasteiger partial charge in [-0.3, -0.25) is 9.36 Å². The van der Waals surface area contributed by atoms with Gasteiger partial charge in [-0.2, -0.15) is 0 Å². The molecular weight excluding hydrogens is 537 g/mol. The average molecular weight is 569 g/mol. The number of amides is 1. The minimum atomic E-state index is -0.356. The van der Waals surface area contributed by atoms with Crippen LogP contribution in [0.1, 0.15) is 63.1 Å². The van der Waals surface area contributed by atoms with Crippen LogP contribution in [0.15, 0.2) is 22.1 Å². The van der Waals surface area contributed by atoms with Crippen LogP contribution in [0, 0.1) is 12.8 Å². The van der Waals surface area contributed by atoms with Gasteiger partial charge >= 0.3 is 0 Å². The molecule has 2 aliphatic rings. The third-order valence-corrected chi connectivity index (χ3v) is 7.91. The molecule has 0 radical (unpaired) electrons. The van der Waals surface area contributed by atoms with Gasteiger partial charge in [-0.1, -0.05) is 34.8 Å². The minimum absolute atomic E-state index is 0.0224. The average Bonchev–Trinajstić information content (AvgIpc) is 3.15. The number of hydrogen-bond donors (Lipinski definition) is 4. The van der Waals surface area contributed by atoms with E-state index in [0.717, 1.165) is 32.1 Å². The van der Waals surface area contributed by atoms with E-state index in [2.05, 4.69) is 22.3 Å². The Kier molecular flexibility index (Phi) is 9.00. The SMILES string of the molecule is C=NC(=N[C@H]1CCC[C@@H](O)C1)Nc1c(C)nc(Nc2c(Cl)cc(Cl)cc2Cl)n1C1CCC(C(N)=O)CC1. The lowest BCUT2D eigenvalue weighted by Gasteiger charge is -2.30. The molecule has 0 unspecified atom stereocenters. The number of carbonyl (C=O) groups excluding carboxylic acids is 1. The molecule has 200 valence electrons. The summed E-state index contributed by atoms with van der Waals surface area (Å²) in [6.45, 7) is 5.58. The summed E-state index contributed by atoms with van der Waals surface area (Å²) < 4.78 is 2.05. The molecule has 12 heteroatoms. The van der Waals surface area contributed by atoms with Gasteiger partial charge in [0.15, 0.2) is 0 Å². The molecule has 0 bridgehead atoms. The summed E-state index contributed by atoms with van der Waals surface area (Å²) in [6.07, 6.45) is 5.65. The van der Waals surface area contributed by atoms with Crippen molar-refractivity contribution >= 4 is 70.8 Å². The lowest BCUT2D eigenvalue weighted by atomic mass is 9.85. The van der Waals surface area contributed by atoms with Crippen molar-refractivity contribution in [2.24, 2.45) is 21.6 Å². The first-order chi connectivity index (χ1) is 17.7. The van der Waals surface area contributed by atoms with Gasteiger partial charge < -0.3 is 21.5 Å². The van der Waals surface area contributed by atoms with Crippen LogP contribution in [0.25, 0.3) is 0 Å². The monoisotopic (exact) mass is 567 g/mol. The Hall–Kier alpha value is -2.33. The molecular formula is C25H32Cl3N7O2. The van der Waals surface area contributed by atoms with Crippen molar-refractivity contribution in [1.82, 2.24) is 9.55 Å². The van der Waals surface area contributed by atoms with E-state index in [1.807, 2.05) is 11.5 Å². The molecule has 0 aliphatic heterocycles. The van der Waals surface area contributed by atoms with Crippen LogP contribution in [-0.2, 0) is 4.79 Å². The van der Waals surface area contributed by atoms with Crippen LogP contribution >= 0.6 is 34.8 Å². The summed E-state index contributed by atoms with van der Waals surface area (Å²) in [6, 6.07) is 3.21. The van der Waals surface area contributed by atoms with Crippen molar-refractivity contribution in [1.29, 1.82) is 0 Å². The van der Waals surface area contributed by atoms with Gasteiger partial charge in [-0.15, -0.1) is 0 Å². The fourth-order valence-electron chi connectivity index (χ4n) is 5.18. The summed E-state index contributed by atoms with van der Waals surface area (Å²) in [4.78, 5) is 25.4. The predicted octanol–water partition coefficient (Wildman–Crippen LogP) is 5.88. The number of rotatable bonds is 6. The molecule has 0 spiro atoms. The van der Waals surface area contributed by atoms with E-state index >= 15 is 0 Å². The highest BCUT2D eigenvalue weighted by molar-refractivity contribution is 6.41. The number of imidazole rings is 1. The van der Waals surface area contributed by atoms with Gasteiger partial charge in [0.2, 0.25) is 17.8 Å². The van der Waals surface area contributed by atoms with E-state index in [1.165, 1.54) is 0 Å². The van der Waals surface area contributed by atoms with E-state index in [-0.39, 0.29) is 30.0 Å². The van der Waals surface area contributed by atoms with Crippen LogP contribution in [0.2, 0.25) is 15.1 Å². The fraction of sp³-hybridized carbons (Fsp3) is 0.520. The quantitative estimate of drug-likeness (QED) is 0.255. The van der Waals surface area contributed by atoms with E-state index in [4.69, 9.17) is 50.5 Å².